The van der Waals surface area contributed by atoms with E-state index >= 15 is 0 Å². The number of fused-ring (bicyclic) bond motifs is 1. The first-order chi connectivity index (χ1) is 8.27. The molecule has 6 nitrogen and oxygen atoms in total. The smallest absolute Gasteiger partial charge is 0.190 e. The van der Waals surface area contributed by atoms with Crippen molar-refractivity contribution in [3.63, 3.8) is 0 Å². The van der Waals surface area contributed by atoms with E-state index in [9.17, 15) is 5.11 Å². The Balaban J connectivity index is 1.68. The molecular formula is C12H20O6. The molecule has 3 heterocycles. The summed E-state index contributed by atoms with van der Waals surface area (Å²) in [6, 6.07) is 0. The van der Waals surface area contributed by atoms with E-state index in [1.54, 1.807) is 13.8 Å². The quantitative estimate of drug-likeness (QED) is 0.735. The summed E-state index contributed by atoms with van der Waals surface area (Å²) >= 11 is 0. The summed E-state index contributed by atoms with van der Waals surface area (Å²) in [4.78, 5) is 0. The molecule has 0 unspecified atom stereocenters. The molecule has 3 rings (SSSR count). The first-order valence-corrected chi connectivity index (χ1v) is 6.28. The molecule has 5 atom stereocenters. The summed E-state index contributed by atoms with van der Waals surface area (Å²) in [5.74, 6) is -1.35. The SMILES string of the molecule is CC1(C)O[C@H]2O[C@H]([C@H]3COC(C)(C)O3)[C@@H](O)[C@@H]2O1. The number of ether oxygens (including phenoxy) is 5. The molecule has 0 bridgehead atoms. The zero-order valence-corrected chi connectivity index (χ0v) is 11.1. The van der Waals surface area contributed by atoms with Gasteiger partial charge in [-0.2, -0.15) is 0 Å². The first-order valence-electron chi connectivity index (χ1n) is 6.28. The minimum absolute atomic E-state index is 0.295. The van der Waals surface area contributed by atoms with Gasteiger partial charge < -0.3 is 28.8 Å². The molecule has 3 fully saturated rings. The molecule has 18 heavy (non-hydrogen) atoms. The van der Waals surface area contributed by atoms with Crippen molar-refractivity contribution in [1.82, 2.24) is 0 Å². The van der Waals surface area contributed by atoms with Gasteiger partial charge in [-0.3, -0.25) is 0 Å². The van der Waals surface area contributed by atoms with Gasteiger partial charge in [0.05, 0.1) is 6.61 Å². The van der Waals surface area contributed by atoms with Crippen molar-refractivity contribution in [2.24, 2.45) is 0 Å². The van der Waals surface area contributed by atoms with E-state index < -0.39 is 36.2 Å². The Kier molecular flexibility index (Phi) is 2.75. The van der Waals surface area contributed by atoms with Gasteiger partial charge in [0.1, 0.15) is 24.4 Å². The largest absolute Gasteiger partial charge is 0.387 e. The van der Waals surface area contributed by atoms with Crippen molar-refractivity contribution >= 4 is 0 Å². The Morgan fingerprint density at radius 1 is 0.944 bits per heavy atom. The van der Waals surface area contributed by atoms with Crippen LogP contribution in [-0.2, 0) is 23.7 Å². The Bertz CT molecular complexity index is 341. The van der Waals surface area contributed by atoms with Gasteiger partial charge in [-0.1, -0.05) is 0 Å². The van der Waals surface area contributed by atoms with Gasteiger partial charge in [0.2, 0.25) is 0 Å². The highest BCUT2D eigenvalue weighted by molar-refractivity contribution is 4.97. The van der Waals surface area contributed by atoms with Crippen LogP contribution in [0.25, 0.3) is 0 Å². The number of aliphatic hydroxyl groups excluding tert-OH is 1. The molecule has 0 saturated carbocycles. The van der Waals surface area contributed by atoms with Gasteiger partial charge in [-0.15, -0.1) is 0 Å². The van der Waals surface area contributed by atoms with Crippen LogP contribution < -0.4 is 0 Å². The van der Waals surface area contributed by atoms with Crippen molar-refractivity contribution in [1.29, 1.82) is 0 Å². The highest BCUT2D eigenvalue weighted by atomic mass is 16.8. The van der Waals surface area contributed by atoms with E-state index in [2.05, 4.69) is 0 Å². The van der Waals surface area contributed by atoms with Gasteiger partial charge in [0, 0.05) is 0 Å². The summed E-state index contributed by atoms with van der Waals surface area (Å²) in [6.45, 7) is 7.68. The third-order valence-corrected chi connectivity index (χ3v) is 3.45. The van der Waals surface area contributed by atoms with Gasteiger partial charge in [0.25, 0.3) is 0 Å². The standard InChI is InChI=1S/C12H20O6/c1-11(2)14-5-6(16-11)8-7(13)9-10(15-8)18-12(3,4)17-9/h6-10,13H,5H2,1-4H3/t6-,7-,8-,9+,10-/m1/s1. The highest BCUT2D eigenvalue weighted by Crippen LogP contribution is 2.40. The Morgan fingerprint density at radius 2 is 1.67 bits per heavy atom. The molecule has 3 saturated heterocycles. The van der Waals surface area contributed by atoms with Gasteiger partial charge in [-0.25, -0.2) is 0 Å². The summed E-state index contributed by atoms with van der Waals surface area (Å²) < 4.78 is 28.1. The fourth-order valence-electron chi connectivity index (χ4n) is 2.70. The zero-order chi connectivity index (χ0) is 13.1. The maximum atomic E-state index is 10.3. The van der Waals surface area contributed by atoms with Crippen LogP contribution in [0.4, 0.5) is 0 Å². The summed E-state index contributed by atoms with van der Waals surface area (Å²) in [5.41, 5.74) is 0. The van der Waals surface area contributed by atoms with Crippen molar-refractivity contribution in [3.8, 4) is 0 Å². The lowest BCUT2D eigenvalue weighted by Crippen LogP contribution is -2.42. The van der Waals surface area contributed by atoms with Crippen molar-refractivity contribution < 1.29 is 28.8 Å². The van der Waals surface area contributed by atoms with Crippen LogP contribution in [-0.4, -0.2) is 54.0 Å². The molecule has 6 heteroatoms. The summed E-state index contributed by atoms with van der Waals surface area (Å²) in [6.07, 6.45) is -2.53. The van der Waals surface area contributed by atoms with Crippen LogP contribution in [0, 0.1) is 0 Å². The van der Waals surface area contributed by atoms with Crippen molar-refractivity contribution in [3.05, 3.63) is 0 Å². The predicted molar refractivity (Wildman–Crippen MR) is 59.6 cm³/mol. The van der Waals surface area contributed by atoms with E-state index in [-0.39, 0.29) is 6.10 Å². The van der Waals surface area contributed by atoms with Gasteiger partial charge in [-0.05, 0) is 27.7 Å². The third-order valence-electron chi connectivity index (χ3n) is 3.45. The average molecular weight is 260 g/mol. The second-order valence-electron chi connectivity index (χ2n) is 5.93. The average Bonchev–Trinajstić information content (AvgIpc) is 2.81. The van der Waals surface area contributed by atoms with Crippen LogP contribution >= 0.6 is 0 Å². The fraction of sp³-hybridized carbons (Fsp3) is 1.00. The molecule has 3 aliphatic heterocycles. The number of hydrogen-bond donors (Lipinski definition) is 1. The normalized spacial score (nSPS) is 49.5. The van der Waals surface area contributed by atoms with Crippen LogP contribution in [0.15, 0.2) is 0 Å². The van der Waals surface area contributed by atoms with Crippen LogP contribution in [0.2, 0.25) is 0 Å². The molecule has 0 spiro atoms. The maximum Gasteiger partial charge on any atom is 0.190 e. The van der Waals surface area contributed by atoms with Crippen LogP contribution in [0.3, 0.4) is 0 Å². The second kappa shape index (κ2) is 3.88. The maximum absolute atomic E-state index is 10.3. The lowest BCUT2D eigenvalue weighted by molar-refractivity contribution is -0.232. The molecule has 3 aliphatic rings. The Labute approximate surface area is 106 Å². The first kappa shape index (κ1) is 12.8. The molecule has 0 amide bonds. The summed E-state index contributed by atoms with van der Waals surface area (Å²) in [7, 11) is 0. The topological polar surface area (TPSA) is 66.4 Å². The number of rotatable bonds is 1. The van der Waals surface area contributed by atoms with Crippen LogP contribution in [0.1, 0.15) is 27.7 Å². The monoisotopic (exact) mass is 260 g/mol. The van der Waals surface area contributed by atoms with Crippen LogP contribution in [0.5, 0.6) is 0 Å². The van der Waals surface area contributed by atoms with E-state index in [1.807, 2.05) is 13.8 Å². The Morgan fingerprint density at radius 3 is 2.22 bits per heavy atom. The molecule has 0 aromatic heterocycles. The van der Waals surface area contributed by atoms with Gasteiger partial charge >= 0.3 is 0 Å². The minimum Gasteiger partial charge on any atom is -0.387 e. The summed E-state index contributed by atoms with van der Waals surface area (Å²) in [5, 5.41) is 10.3. The molecule has 104 valence electrons. The zero-order valence-electron chi connectivity index (χ0n) is 11.1. The van der Waals surface area contributed by atoms with Crippen molar-refractivity contribution in [2.45, 2.75) is 70.0 Å². The van der Waals surface area contributed by atoms with E-state index in [0.717, 1.165) is 0 Å². The third kappa shape index (κ3) is 2.07. The van der Waals surface area contributed by atoms with E-state index in [0.29, 0.717) is 6.61 Å². The minimum atomic E-state index is -0.765. The second-order valence-corrected chi connectivity index (χ2v) is 5.93. The number of aliphatic hydroxyl groups is 1. The lowest BCUT2D eigenvalue weighted by Gasteiger charge is -2.26. The molecule has 0 aromatic rings. The van der Waals surface area contributed by atoms with E-state index in [1.165, 1.54) is 0 Å². The molecule has 0 radical (unpaired) electrons. The molecule has 0 aromatic carbocycles. The van der Waals surface area contributed by atoms with E-state index in [4.69, 9.17) is 23.7 Å². The molecular weight excluding hydrogens is 240 g/mol. The fourth-order valence-corrected chi connectivity index (χ4v) is 2.70. The predicted octanol–water partition coefficient (Wildman–Crippen LogP) is 0.375. The molecule has 1 N–H and O–H groups in total. The highest BCUT2D eigenvalue weighted by Gasteiger charge is 2.57. The lowest BCUT2D eigenvalue weighted by atomic mass is 10.1. The number of hydrogen-bond acceptors (Lipinski definition) is 6. The molecule has 0 aliphatic carbocycles. The Hall–Kier alpha value is -0.240. The van der Waals surface area contributed by atoms with Gasteiger partial charge in [0.15, 0.2) is 17.9 Å². The van der Waals surface area contributed by atoms with Crippen molar-refractivity contribution in [2.75, 3.05) is 6.61 Å².